The summed E-state index contributed by atoms with van der Waals surface area (Å²) in [6, 6.07) is 2.09. The third-order valence-corrected chi connectivity index (χ3v) is 1.99. The third-order valence-electron chi connectivity index (χ3n) is 1.77. The van der Waals surface area contributed by atoms with Gasteiger partial charge in [0.05, 0.1) is 6.10 Å². The van der Waals surface area contributed by atoms with Gasteiger partial charge in [0.2, 0.25) is 0 Å². The molecule has 0 heterocycles. The Morgan fingerprint density at radius 3 is 2.23 bits per heavy atom. The Hall–Kier alpha value is -0.830. The molecule has 0 saturated heterocycles. The molecule has 70 valence electrons. The van der Waals surface area contributed by atoms with E-state index in [1.807, 2.05) is 0 Å². The van der Waals surface area contributed by atoms with Gasteiger partial charge in [-0.3, -0.25) is 0 Å². The number of halogens is 3. The lowest BCUT2D eigenvalue weighted by molar-refractivity contribution is 0.271. The van der Waals surface area contributed by atoms with Gasteiger partial charge >= 0.3 is 0 Å². The van der Waals surface area contributed by atoms with E-state index in [-0.39, 0.29) is 16.9 Å². The Kier molecular flexibility index (Phi) is 2.12. The zero-order chi connectivity index (χ0) is 9.42. The SMILES string of the molecule is Fc1cc(Cl)cc(F)c1OC1CC1. The van der Waals surface area contributed by atoms with Crippen molar-refractivity contribution < 1.29 is 13.5 Å². The standard InChI is InChI=1S/C9H7ClF2O/c10-5-3-7(11)9(8(12)4-5)13-6-1-2-6/h3-4,6H,1-2H2. The van der Waals surface area contributed by atoms with Crippen molar-refractivity contribution in [3.05, 3.63) is 28.8 Å². The zero-order valence-electron chi connectivity index (χ0n) is 6.69. The fourth-order valence-corrected chi connectivity index (χ4v) is 1.19. The van der Waals surface area contributed by atoms with Crippen molar-refractivity contribution in [2.45, 2.75) is 18.9 Å². The number of hydrogen-bond acceptors (Lipinski definition) is 1. The molecule has 1 saturated carbocycles. The first kappa shape index (κ1) is 8.75. The van der Waals surface area contributed by atoms with Crippen LogP contribution in [0.3, 0.4) is 0 Å². The molecule has 1 aliphatic rings. The van der Waals surface area contributed by atoms with Crippen LogP contribution in [-0.2, 0) is 0 Å². The maximum atomic E-state index is 13.0. The Labute approximate surface area is 79.3 Å². The van der Waals surface area contributed by atoms with Crippen molar-refractivity contribution in [2.75, 3.05) is 0 Å². The van der Waals surface area contributed by atoms with Gasteiger partial charge in [0, 0.05) is 5.02 Å². The molecule has 1 aromatic carbocycles. The van der Waals surface area contributed by atoms with Crippen molar-refractivity contribution in [3.63, 3.8) is 0 Å². The maximum Gasteiger partial charge on any atom is 0.191 e. The summed E-state index contributed by atoms with van der Waals surface area (Å²) >= 11 is 5.44. The molecular weight excluding hydrogens is 198 g/mol. The van der Waals surface area contributed by atoms with Crippen molar-refractivity contribution in [2.24, 2.45) is 0 Å². The highest BCUT2D eigenvalue weighted by Gasteiger charge is 2.26. The van der Waals surface area contributed by atoms with Gasteiger partial charge in [-0.25, -0.2) is 8.78 Å². The number of hydrogen-bond donors (Lipinski definition) is 0. The van der Waals surface area contributed by atoms with E-state index >= 15 is 0 Å². The van der Waals surface area contributed by atoms with E-state index in [4.69, 9.17) is 16.3 Å². The molecule has 13 heavy (non-hydrogen) atoms. The molecule has 0 amide bonds. The monoisotopic (exact) mass is 204 g/mol. The fraction of sp³-hybridized carbons (Fsp3) is 0.333. The molecule has 1 aliphatic carbocycles. The first-order valence-corrected chi connectivity index (χ1v) is 4.36. The van der Waals surface area contributed by atoms with Crippen molar-refractivity contribution in [3.8, 4) is 5.75 Å². The molecule has 1 nitrogen and oxygen atoms in total. The van der Waals surface area contributed by atoms with Crippen molar-refractivity contribution in [1.29, 1.82) is 0 Å². The summed E-state index contributed by atoms with van der Waals surface area (Å²) in [5.74, 6) is -1.79. The minimum atomic E-state index is -0.739. The topological polar surface area (TPSA) is 9.23 Å². The average Bonchev–Trinajstić information content (AvgIpc) is 2.79. The molecule has 2 rings (SSSR count). The lowest BCUT2D eigenvalue weighted by atomic mass is 10.3. The third kappa shape index (κ3) is 1.91. The minimum Gasteiger partial charge on any atom is -0.484 e. The minimum absolute atomic E-state index is 0.0230. The molecule has 0 unspecified atom stereocenters. The summed E-state index contributed by atoms with van der Waals surface area (Å²) in [5.41, 5.74) is 0. The highest BCUT2D eigenvalue weighted by atomic mass is 35.5. The van der Waals surface area contributed by atoms with Crippen LogP contribution in [0.2, 0.25) is 5.02 Å². The first-order chi connectivity index (χ1) is 6.16. The maximum absolute atomic E-state index is 13.0. The summed E-state index contributed by atoms with van der Waals surface area (Å²) in [6.07, 6.45) is 1.70. The predicted octanol–water partition coefficient (Wildman–Crippen LogP) is 3.16. The molecule has 0 spiro atoms. The second-order valence-corrected chi connectivity index (χ2v) is 3.45. The molecule has 0 radical (unpaired) electrons. The highest BCUT2D eigenvalue weighted by Crippen LogP contribution is 2.32. The van der Waals surface area contributed by atoms with E-state index in [1.54, 1.807) is 0 Å². The summed E-state index contributed by atoms with van der Waals surface area (Å²) in [5, 5.41) is 0.0400. The molecule has 4 heteroatoms. The van der Waals surface area contributed by atoms with Crippen LogP contribution < -0.4 is 4.74 Å². The first-order valence-electron chi connectivity index (χ1n) is 3.98. The van der Waals surface area contributed by atoms with Gasteiger partial charge in [-0.05, 0) is 25.0 Å². The molecular formula is C9H7ClF2O. The Morgan fingerprint density at radius 2 is 1.77 bits per heavy atom. The zero-order valence-corrected chi connectivity index (χ0v) is 7.44. The summed E-state index contributed by atoms with van der Waals surface area (Å²) < 4.78 is 31.1. The van der Waals surface area contributed by atoms with Crippen LogP contribution in [0.5, 0.6) is 5.75 Å². The molecule has 0 aliphatic heterocycles. The average molecular weight is 205 g/mol. The smallest absolute Gasteiger partial charge is 0.191 e. The lowest BCUT2D eigenvalue weighted by Gasteiger charge is -2.06. The summed E-state index contributed by atoms with van der Waals surface area (Å²) in [4.78, 5) is 0. The van der Waals surface area contributed by atoms with Crippen LogP contribution in [0.4, 0.5) is 8.78 Å². The van der Waals surface area contributed by atoms with Crippen LogP contribution >= 0.6 is 11.6 Å². The van der Waals surface area contributed by atoms with Gasteiger partial charge in [-0.2, -0.15) is 0 Å². The molecule has 0 bridgehead atoms. The summed E-state index contributed by atoms with van der Waals surface area (Å²) in [7, 11) is 0. The molecule has 0 atom stereocenters. The van der Waals surface area contributed by atoms with Crippen LogP contribution in [0, 0.1) is 11.6 Å². The Morgan fingerprint density at radius 1 is 1.23 bits per heavy atom. The van der Waals surface area contributed by atoms with Crippen molar-refractivity contribution in [1.82, 2.24) is 0 Å². The molecule has 1 fully saturated rings. The van der Waals surface area contributed by atoms with E-state index in [1.165, 1.54) is 0 Å². The van der Waals surface area contributed by atoms with Crippen LogP contribution in [0.25, 0.3) is 0 Å². The van der Waals surface area contributed by atoms with Gasteiger partial charge in [0.1, 0.15) is 0 Å². The highest BCUT2D eigenvalue weighted by molar-refractivity contribution is 6.30. The lowest BCUT2D eigenvalue weighted by Crippen LogP contribution is -2.00. The van der Waals surface area contributed by atoms with Gasteiger partial charge in [-0.15, -0.1) is 0 Å². The second kappa shape index (κ2) is 3.14. The second-order valence-electron chi connectivity index (χ2n) is 3.02. The van der Waals surface area contributed by atoms with Crippen molar-refractivity contribution >= 4 is 11.6 Å². The van der Waals surface area contributed by atoms with Crippen LogP contribution in [0.1, 0.15) is 12.8 Å². The number of benzene rings is 1. The number of ether oxygens (including phenoxy) is 1. The van der Waals surface area contributed by atoms with Crippen LogP contribution in [0.15, 0.2) is 12.1 Å². The fourth-order valence-electron chi connectivity index (χ4n) is 0.994. The van der Waals surface area contributed by atoms with Gasteiger partial charge in [-0.1, -0.05) is 11.6 Å². The van der Waals surface area contributed by atoms with E-state index < -0.39 is 11.6 Å². The molecule has 0 N–H and O–H groups in total. The Bertz CT molecular complexity index is 313. The Balaban J connectivity index is 2.31. The number of rotatable bonds is 2. The van der Waals surface area contributed by atoms with Gasteiger partial charge in [0.15, 0.2) is 17.4 Å². The predicted molar refractivity (Wildman–Crippen MR) is 45.0 cm³/mol. The van der Waals surface area contributed by atoms with E-state index in [9.17, 15) is 8.78 Å². The van der Waals surface area contributed by atoms with E-state index in [2.05, 4.69) is 0 Å². The molecule has 0 aromatic heterocycles. The quantitative estimate of drug-likeness (QED) is 0.719. The van der Waals surface area contributed by atoms with Crippen LogP contribution in [-0.4, -0.2) is 6.10 Å². The summed E-state index contributed by atoms with van der Waals surface area (Å²) in [6.45, 7) is 0. The van der Waals surface area contributed by atoms with E-state index in [0.717, 1.165) is 25.0 Å². The normalized spacial score (nSPS) is 15.9. The largest absolute Gasteiger partial charge is 0.484 e. The molecule has 1 aromatic rings. The van der Waals surface area contributed by atoms with E-state index in [0.29, 0.717) is 0 Å². The van der Waals surface area contributed by atoms with Gasteiger partial charge in [0.25, 0.3) is 0 Å². The van der Waals surface area contributed by atoms with Gasteiger partial charge < -0.3 is 4.74 Å².